The molecule has 0 radical (unpaired) electrons. The molecule has 21 heteroatoms. The predicted octanol–water partition coefficient (Wildman–Crippen LogP) is 23.3. The molecule has 612 valence electrons. The van der Waals surface area contributed by atoms with Crippen LogP contribution in [0.15, 0.2) is 390 Å². The SMILES string of the molecule is Cc1ccnc(-c2nc(-c3cccc(-c4nc(-c5cc(C)ccn5)c5cc(C)ccn45)c3)n3ccc(C)cc23)c1.Cc1nc(-c2ccccn2)c2ccccn12.c1ccc(-c2nc(-c3cc(-c4nc(-c5ccccn5)c5ccccn45)cc(-c4nc(-c5ccccn5)c5ccccn45)c3)n3ccccc23)nc1.c1ccc(-c2nc(-c3ccccn3)c3ccccn23)cc1. The fourth-order valence-corrected chi connectivity index (χ4v) is 16.5. The summed E-state index contributed by atoms with van der Waals surface area (Å²) >= 11 is 0. The van der Waals surface area contributed by atoms with Gasteiger partial charge in [0.05, 0.1) is 78.5 Å². The molecule has 24 rings (SSSR count). The van der Waals surface area contributed by atoms with Crippen molar-refractivity contribution in [3.63, 3.8) is 0 Å². The summed E-state index contributed by atoms with van der Waals surface area (Å²) in [6, 6.07) is 102. The molecule has 21 nitrogen and oxygen atoms in total. The summed E-state index contributed by atoms with van der Waals surface area (Å²) in [6.07, 6.45) is 27.1. The summed E-state index contributed by atoms with van der Waals surface area (Å²) in [5.74, 6) is 6.01. The number of imidazole rings is 7. The van der Waals surface area contributed by atoms with Crippen LogP contribution in [0, 0.1) is 34.6 Å². The molecule has 0 spiro atoms. The van der Waals surface area contributed by atoms with Crippen LogP contribution in [0.5, 0.6) is 0 Å². The van der Waals surface area contributed by atoms with Gasteiger partial charge in [-0.05, 0) is 251 Å². The number of pyridine rings is 14. The van der Waals surface area contributed by atoms with Crippen LogP contribution >= 0.6 is 0 Å². The van der Waals surface area contributed by atoms with E-state index in [0.717, 1.165) is 204 Å². The highest BCUT2D eigenvalue weighted by Crippen LogP contribution is 2.41. The van der Waals surface area contributed by atoms with Gasteiger partial charge in [-0.3, -0.25) is 61.3 Å². The van der Waals surface area contributed by atoms with Gasteiger partial charge in [-0.1, -0.05) is 109 Å². The molecular formula is C107H79N21. The quantitative estimate of drug-likeness (QED) is 0.105. The second-order valence-corrected chi connectivity index (χ2v) is 31.2. The van der Waals surface area contributed by atoms with Crippen LogP contribution in [0.2, 0.25) is 0 Å². The van der Waals surface area contributed by atoms with Crippen LogP contribution < -0.4 is 0 Å². The number of aromatic nitrogens is 21. The lowest BCUT2D eigenvalue weighted by atomic mass is 10.0. The van der Waals surface area contributed by atoms with E-state index in [4.69, 9.17) is 29.9 Å². The van der Waals surface area contributed by atoms with Crippen molar-refractivity contribution < 1.29 is 0 Å². The minimum absolute atomic E-state index is 0.783. The molecule has 128 heavy (non-hydrogen) atoms. The molecule has 21 heterocycles. The third kappa shape index (κ3) is 15.0. The average molecular weight is 1660 g/mol. The summed E-state index contributed by atoms with van der Waals surface area (Å²) in [5.41, 5.74) is 29.6. The first-order valence-electron chi connectivity index (χ1n) is 42.1. The summed E-state index contributed by atoms with van der Waals surface area (Å²) in [5, 5.41) is 0. The largest absolute Gasteiger partial charge is 0.303 e. The maximum atomic E-state index is 5.26. The molecule has 24 aromatic rings. The summed E-state index contributed by atoms with van der Waals surface area (Å²) in [7, 11) is 0. The van der Waals surface area contributed by atoms with Crippen LogP contribution in [-0.2, 0) is 0 Å². The third-order valence-electron chi connectivity index (χ3n) is 22.5. The molecule has 0 amide bonds. The van der Waals surface area contributed by atoms with Crippen molar-refractivity contribution in [3.8, 4) is 148 Å². The highest BCUT2D eigenvalue weighted by atomic mass is 15.1. The zero-order valence-corrected chi connectivity index (χ0v) is 70.3. The van der Waals surface area contributed by atoms with Crippen molar-refractivity contribution in [2.75, 3.05) is 0 Å². The van der Waals surface area contributed by atoms with Gasteiger partial charge >= 0.3 is 0 Å². The predicted molar refractivity (Wildman–Crippen MR) is 506 cm³/mol. The zero-order chi connectivity index (χ0) is 86.1. The zero-order valence-electron chi connectivity index (χ0n) is 70.3. The minimum atomic E-state index is 0.783. The smallest absolute Gasteiger partial charge is 0.145 e. The minimum Gasteiger partial charge on any atom is -0.303 e. The molecule has 0 aliphatic carbocycles. The van der Waals surface area contributed by atoms with Crippen molar-refractivity contribution >= 4 is 38.6 Å². The Labute approximate surface area is 735 Å². The topological polar surface area (TPSA) is 211 Å². The van der Waals surface area contributed by atoms with Crippen molar-refractivity contribution in [1.29, 1.82) is 0 Å². The molecule has 21 aromatic heterocycles. The van der Waals surface area contributed by atoms with E-state index >= 15 is 0 Å². The van der Waals surface area contributed by atoms with E-state index in [1.807, 2.05) is 232 Å². The number of benzene rings is 3. The van der Waals surface area contributed by atoms with E-state index in [1.165, 1.54) is 11.1 Å². The van der Waals surface area contributed by atoms with E-state index in [0.29, 0.717) is 0 Å². The number of fused-ring (bicyclic) bond motifs is 7. The first kappa shape index (κ1) is 77.8. The van der Waals surface area contributed by atoms with Crippen molar-refractivity contribution in [3.05, 3.63) is 418 Å². The van der Waals surface area contributed by atoms with Crippen LogP contribution in [0.1, 0.15) is 28.1 Å². The fraction of sp³-hybridized carbons (Fsp3) is 0.0467. The fourth-order valence-electron chi connectivity index (χ4n) is 16.5. The number of hydrogen-bond acceptors (Lipinski definition) is 14. The van der Waals surface area contributed by atoms with Gasteiger partial charge in [0.15, 0.2) is 0 Å². The highest BCUT2D eigenvalue weighted by molar-refractivity contribution is 5.89. The Morgan fingerprint density at radius 3 is 0.758 bits per heavy atom. The second kappa shape index (κ2) is 33.8. The Kier molecular flexibility index (Phi) is 20.5. The second-order valence-electron chi connectivity index (χ2n) is 31.2. The third-order valence-corrected chi connectivity index (χ3v) is 22.5. The van der Waals surface area contributed by atoms with Gasteiger partial charge in [-0.25, -0.2) is 34.9 Å². The Bertz CT molecular complexity index is 7650. The average Bonchev–Trinajstić information content (AvgIpc) is 1.60. The van der Waals surface area contributed by atoms with Gasteiger partial charge in [0.1, 0.15) is 80.6 Å². The van der Waals surface area contributed by atoms with Crippen LogP contribution in [-0.4, -0.2) is 101 Å². The normalized spacial score (nSPS) is 11.3. The molecule has 0 unspecified atom stereocenters. The number of rotatable bonds is 13. The summed E-state index contributed by atoms with van der Waals surface area (Å²) in [6.45, 7) is 10.4. The molecule has 0 aliphatic heterocycles. The first-order chi connectivity index (χ1) is 63.0. The number of aryl methyl sites for hydroxylation is 5. The summed E-state index contributed by atoms with van der Waals surface area (Å²) in [4.78, 5) is 67.5. The Morgan fingerprint density at radius 2 is 0.422 bits per heavy atom. The first-order valence-corrected chi connectivity index (χ1v) is 42.1. The lowest BCUT2D eigenvalue weighted by molar-refractivity contribution is 1.04. The Hall–Kier alpha value is -17.5. The van der Waals surface area contributed by atoms with Gasteiger partial charge in [-0.15, -0.1) is 0 Å². The summed E-state index contributed by atoms with van der Waals surface area (Å²) < 4.78 is 14.9. The van der Waals surface area contributed by atoms with E-state index in [9.17, 15) is 0 Å². The molecule has 0 bridgehead atoms. The van der Waals surface area contributed by atoms with E-state index in [-0.39, 0.29) is 0 Å². The van der Waals surface area contributed by atoms with Crippen molar-refractivity contribution in [2.45, 2.75) is 34.6 Å². The Balaban J connectivity index is 0.000000113. The maximum Gasteiger partial charge on any atom is 0.145 e. The van der Waals surface area contributed by atoms with Gasteiger partial charge in [0.2, 0.25) is 0 Å². The standard InChI is InChI=1S/C42H27N9.C34H28N6.C18H13N3.C13H11N3/c1-7-19-43-31(13-1)37-34-16-4-10-22-49(34)40(46-37)28-25-29(41-47-38(32-14-2-8-20-44-32)35-17-5-11-23-50(35)41)27-30(26-28)42-48-39(33-15-3-9-21-45-33)36-18-6-12-24-51(36)42;1-21-8-12-35-27(16-21)31-29-18-23(3)10-14-39(29)33(37-31)25-6-5-7-26(20-25)34-38-32(28-17-22(2)9-13-36-28)30-19-24(4)11-15-40(30)34;1-2-8-14(9-3-1)18-20-17(15-10-4-6-12-19-15)16-11-5-7-13-21(16)18;1-10-15-13(11-6-2-4-8-14-11)12-7-3-5-9-16(10)12/h1-27H;5-20H,1-4H3;1-13H;2-9H,1H3. The monoisotopic (exact) mass is 1660 g/mol. The molecule has 0 atom stereocenters. The van der Waals surface area contributed by atoms with Crippen molar-refractivity contribution in [2.24, 2.45) is 0 Å². The van der Waals surface area contributed by atoms with Gasteiger partial charge in [0, 0.05) is 120 Å². The number of hydrogen-bond donors (Lipinski definition) is 0. The lowest BCUT2D eigenvalue weighted by Gasteiger charge is -2.10. The van der Waals surface area contributed by atoms with Gasteiger partial charge in [0.25, 0.3) is 0 Å². The molecule has 3 aromatic carbocycles. The van der Waals surface area contributed by atoms with Gasteiger partial charge < -0.3 is 4.40 Å². The molecule has 0 saturated heterocycles. The lowest BCUT2D eigenvalue weighted by Crippen LogP contribution is -1.95. The Morgan fingerprint density at radius 1 is 0.164 bits per heavy atom. The highest BCUT2D eigenvalue weighted by Gasteiger charge is 2.26. The van der Waals surface area contributed by atoms with E-state index in [2.05, 4.69) is 232 Å². The van der Waals surface area contributed by atoms with E-state index in [1.54, 1.807) is 31.0 Å². The van der Waals surface area contributed by atoms with Crippen LogP contribution in [0.4, 0.5) is 0 Å². The maximum absolute atomic E-state index is 5.26. The molecule has 0 saturated carbocycles. The molecule has 0 fully saturated rings. The van der Waals surface area contributed by atoms with Crippen molar-refractivity contribution in [1.82, 2.24) is 101 Å². The molecule has 0 N–H and O–H groups in total. The van der Waals surface area contributed by atoms with E-state index < -0.39 is 0 Å². The van der Waals surface area contributed by atoms with Crippen LogP contribution in [0.25, 0.3) is 187 Å². The van der Waals surface area contributed by atoms with Crippen LogP contribution in [0.3, 0.4) is 0 Å². The van der Waals surface area contributed by atoms with Gasteiger partial charge in [-0.2, -0.15) is 0 Å². The number of nitrogens with zero attached hydrogens (tertiary/aromatic N) is 21. The molecule has 0 aliphatic rings. The molecular weight excluding hydrogens is 1580 g/mol.